The lowest BCUT2D eigenvalue weighted by Gasteiger charge is -2.12. The van der Waals surface area contributed by atoms with Gasteiger partial charge in [-0.25, -0.2) is 0 Å². The summed E-state index contributed by atoms with van der Waals surface area (Å²) in [4.78, 5) is 16.7. The van der Waals surface area contributed by atoms with E-state index in [4.69, 9.17) is 11.6 Å². The predicted octanol–water partition coefficient (Wildman–Crippen LogP) is 4.34. The van der Waals surface area contributed by atoms with Gasteiger partial charge in [-0.05, 0) is 42.8 Å². The van der Waals surface area contributed by atoms with E-state index in [1.807, 2.05) is 30.3 Å². The van der Waals surface area contributed by atoms with Crippen LogP contribution in [0, 0.1) is 0 Å². The molecule has 23 heavy (non-hydrogen) atoms. The molecule has 0 aliphatic rings. The summed E-state index contributed by atoms with van der Waals surface area (Å²) in [5.74, 6) is 0.247. The first-order valence-electron chi connectivity index (χ1n) is 7.62. The molecule has 2 aromatic carbocycles. The fourth-order valence-electron chi connectivity index (χ4n) is 1.90. The second-order valence-electron chi connectivity index (χ2n) is 5.04. The van der Waals surface area contributed by atoms with Crippen LogP contribution >= 0.6 is 11.6 Å². The molecule has 5 heteroatoms. The van der Waals surface area contributed by atoms with Gasteiger partial charge in [0.25, 0.3) is 5.91 Å². The molecule has 2 aromatic rings. The first-order chi connectivity index (χ1) is 11.2. The van der Waals surface area contributed by atoms with Gasteiger partial charge in [0.15, 0.2) is 0 Å². The first kappa shape index (κ1) is 17.0. The van der Waals surface area contributed by atoms with Crippen molar-refractivity contribution in [3.05, 3.63) is 65.2 Å². The highest BCUT2D eigenvalue weighted by Gasteiger charge is 2.08. The summed E-state index contributed by atoms with van der Waals surface area (Å²) in [5, 5.41) is 6.61. The lowest BCUT2D eigenvalue weighted by atomic mass is 10.2. The van der Waals surface area contributed by atoms with Crippen LogP contribution in [0.2, 0.25) is 5.02 Å². The van der Waals surface area contributed by atoms with E-state index >= 15 is 0 Å². The number of nitrogens with zero attached hydrogens (tertiary/aromatic N) is 1. The lowest BCUT2D eigenvalue weighted by Crippen LogP contribution is -2.36. The molecule has 0 saturated carbocycles. The molecule has 4 nitrogen and oxygen atoms in total. The van der Waals surface area contributed by atoms with E-state index in [1.54, 1.807) is 24.3 Å². The van der Waals surface area contributed by atoms with Crippen LogP contribution < -0.4 is 10.6 Å². The Morgan fingerprint density at radius 1 is 1.09 bits per heavy atom. The number of rotatable bonds is 5. The molecule has 0 aliphatic heterocycles. The van der Waals surface area contributed by atoms with Crippen molar-refractivity contribution in [2.24, 2.45) is 4.99 Å². The summed E-state index contributed by atoms with van der Waals surface area (Å²) in [6, 6.07) is 16.3. The second-order valence-corrected chi connectivity index (χ2v) is 5.47. The molecular formula is C18H20ClN3O. The van der Waals surface area contributed by atoms with Gasteiger partial charge < -0.3 is 5.32 Å². The third-order valence-corrected chi connectivity index (χ3v) is 3.41. The molecule has 0 spiro atoms. The molecule has 1 amide bonds. The van der Waals surface area contributed by atoms with Gasteiger partial charge in [-0.3, -0.25) is 15.1 Å². The standard InChI is InChI=1S/C18H20ClN3O/c1-2-3-13-20-18(21-16-11-9-15(19)10-12-16)22-17(23)14-7-5-4-6-8-14/h4-12H,2-3,13H2,1H3,(H2,20,21,22,23). The van der Waals surface area contributed by atoms with Gasteiger partial charge in [-0.1, -0.05) is 43.1 Å². The van der Waals surface area contributed by atoms with Crippen LogP contribution in [0.5, 0.6) is 0 Å². The molecule has 0 aromatic heterocycles. The Hall–Kier alpha value is -2.33. The molecular weight excluding hydrogens is 310 g/mol. The number of anilines is 1. The van der Waals surface area contributed by atoms with Crippen molar-refractivity contribution in [3.8, 4) is 0 Å². The van der Waals surface area contributed by atoms with Crippen molar-refractivity contribution in [2.75, 3.05) is 11.9 Å². The number of halogens is 1. The number of aliphatic imine (C=N–C) groups is 1. The third-order valence-electron chi connectivity index (χ3n) is 3.16. The number of hydrogen-bond donors (Lipinski definition) is 2. The van der Waals surface area contributed by atoms with Crippen molar-refractivity contribution in [2.45, 2.75) is 19.8 Å². The maximum absolute atomic E-state index is 12.3. The fourth-order valence-corrected chi connectivity index (χ4v) is 2.02. The third kappa shape index (κ3) is 5.75. The van der Waals surface area contributed by atoms with E-state index in [2.05, 4.69) is 22.5 Å². The molecule has 0 saturated heterocycles. The highest BCUT2D eigenvalue weighted by Crippen LogP contribution is 2.13. The summed E-state index contributed by atoms with van der Waals surface area (Å²) in [6.45, 7) is 2.76. The number of benzene rings is 2. The molecule has 0 aliphatic carbocycles. The van der Waals surface area contributed by atoms with Gasteiger partial charge >= 0.3 is 0 Å². The zero-order valence-corrected chi connectivity index (χ0v) is 13.8. The molecule has 120 valence electrons. The van der Waals surface area contributed by atoms with Crippen molar-refractivity contribution in [3.63, 3.8) is 0 Å². The van der Waals surface area contributed by atoms with E-state index in [-0.39, 0.29) is 5.91 Å². The van der Waals surface area contributed by atoms with E-state index in [0.717, 1.165) is 18.5 Å². The van der Waals surface area contributed by atoms with Crippen LogP contribution in [0.3, 0.4) is 0 Å². The largest absolute Gasteiger partial charge is 0.326 e. The van der Waals surface area contributed by atoms with Crippen LogP contribution in [0.15, 0.2) is 59.6 Å². The molecule has 0 unspecified atom stereocenters. The maximum atomic E-state index is 12.3. The minimum absolute atomic E-state index is 0.192. The Kier molecular flexibility index (Phi) is 6.63. The summed E-state index contributed by atoms with van der Waals surface area (Å²) >= 11 is 5.89. The molecule has 2 N–H and O–H groups in total. The van der Waals surface area contributed by atoms with E-state index in [9.17, 15) is 4.79 Å². The van der Waals surface area contributed by atoms with Gasteiger partial charge in [0, 0.05) is 22.8 Å². The Labute approximate surface area is 141 Å². The normalized spacial score (nSPS) is 11.1. The average molecular weight is 330 g/mol. The number of amides is 1. The highest BCUT2D eigenvalue weighted by atomic mass is 35.5. The zero-order chi connectivity index (χ0) is 16.5. The summed E-state index contributed by atoms with van der Waals surface area (Å²) in [5.41, 5.74) is 1.41. The minimum atomic E-state index is -0.192. The van der Waals surface area contributed by atoms with Gasteiger partial charge in [0.1, 0.15) is 0 Å². The van der Waals surface area contributed by atoms with Crippen molar-refractivity contribution in [1.82, 2.24) is 5.32 Å². The van der Waals surface area contributed by atoms with Gasteiger partial charge in [-0.2, -0.15) is 0 Å². The minimum Gasteiger partial charge on any atom is -0.326 e. The molecule has 2 rings (SSSR count). The van der Waals surface area contributed by atoms with Crippen molar-refractivity contribution in [1.29, 1.82) is 0 Å². The Morgan fingerprint density at radius 3 is 2.43 bits per heavy atom. The number of carbonyl (C=O) groups is 1. The Morgan fingerprint density at radius 2 is 1.78 bits per heavy atom. The van der Waals surface area contributed by atoms with Crippen LogP contribution in [0.25, 0.3) is 0 Å². The van der Waals surface area contributed by atoms with E-state index < -0.39 is 0 Å². The monoisotopic (exact) mass is 329 g/mol. The smallest absolute Gasteiger partial charge is 0.257 e. The van der Waals surface area contributed by atoms with Crippen LogP contribution in [0.4, 0.5) is 5.69 Å². The number of nitrogens with one attached hydrogen (secondary N) is 2. The number of carbonyl (C=O) groups excluding carboxylic acids is 1. The zero-order valence-electron chi connectivity index (χ0n) is 13.1. The summed E-state index contributed by atoms with van der Waals surface area (Å²) in [7, 11) is 0. The Balaban J connectivity index is 2.09. The van der Waals surface area contributed by atoms with Crippen LogP contribution in [-0.4, -0.2) is 18.4 Å². The average Bonchev–Trinajstić information content (AvgIpc) is 2.58. The van der Waals surface area contributed by atoms with E-state index in [1.165, 1.54) is 0 Å². The summed E-state index contributed by atoms with van der Waals surface area (Å²) in [6.07, 6.45) is 2.01. The first-order valence-corrected chi connectivity index (χ1v) is 8.00. The number of guanidine groups is 1. The SMILES string of the molecule is CCCCN=C(NC(=O)c1ccccc1)Nc1ccc(Cl)cc1. The maximum Gasteiger partial charge on any atom is 0.257 e. The van der Waals surface area contributed by atoms with Crippen molar-refractivity contribution < 1.29 is 4.79 Å². The molecule has 0 bridgehead atoms. The number of unbranched alkanes of at least 4 members (excludes halogenated alkanes) is 1. The van der Waals surface area contributed by atoms with Gasteiger partial charge in [0.2, 0.25) is 5.96 Å². The number of hydrogen-bond acceptors (Lipinski definition) is 2. The lowest BCUT2D eigenvalue weighted by molar-refractivity contribution is 0.0977. The molecule has 0 heterocycles. The summed E-state index contributed by atoms with van der Waals surface area (Å²) < 4.78 is 0. The topological polar surface area (TPSA) is 53.5 Å². The highest BCUT2D eigenvalue weighted by molar-refractivity contribution is 6.30. The molecule has 0 atom stereocenters. The quantitative estimate of drug-likeness (QED) is 0.487. The predicted molar refractivity (Wildman–Crippen MR) is 96.2 cm³/mol. The molecule has 0 fully saturated rings. The van der Waals surface area contributed by atoms with E-state index in [0.29, 0.717) is 23.1 Å². The van der Waals surface area contributed by atoms with Crippen LogP contribution in [0.1, 0.15) is 30.1 Å². The second kappa shape index (κ2) is 8.96. The Bertz CT molecular complexity index is 654. The van der Waals surface area contributed by atoms with Gasteiger partial charge in [0.05, 0.1) is 0 Å². The molecule has 0 radical (unpaired) electrons. The van der Waals surface area contributed by atoms with Crippen LogP contribution in [-0.2, 0) is 0 Å². The fraction of sp³-hybridized carbons (Fsp3) is 0.222. The van der Waals surface area contributed by atoms with Crippen molar-refractivity contribution >= 4 is 29.2 Å². The van der Waals surface area contributed by atoms with Gasteiger partial charge in [-0.15, -0.1) is 0 Å².